The summed E-state index contributed by atoms with van der Waals surface area (Å²) in [6.07, 6.45) is 0. The van der Waals surface area contributed by atoms with Crippen LogP contribution in [-0.2, 0) is 0 Å². The first-order valence-corrected chi connectivity index (χ1v) is 6.81. The monoisotopic (exact) mass is 336 g/mol. The molecule has 0 saturated carbocycles. The van der Waals surface area contributed by atoms with Gasteiger partial charge >= 0.3 is 0 Å². The van der Waals surface area contributed by atoms with Crippen molar-refractivity contribution in [3.63, 3.8) is 0 Å². The molecule has 0 radical (unpaired) electrons. The first-order valence-electron chi connectivity index (χ1n) is 6.01. The molecule has 3 N–H and O–H groups in total. The molecule has 0 aliphatic rings. The van der Waals surface area contributed by atoms with Crippen LogP contribution in [-0.4, -0.2) is 5.78 Å². The Hall–Kier alpha value is -1.88. The van der Waals surface area contributed by atoms with Crippen molar-refractivity contribution in [3.05, 3.63) is 51.7 Å². The summed E-state index contributed by atoms with van der Waals surface area (Å²) in [5.41, 5.74) is 9.04. The van der Waals surface area contributed by atoms with E-state index in [2.05, 4.69) is 21.2 Å². The maximum Gasteiger partial charge on any atom is 0.161 e. The summed E-state index contributed by atoms with van der Waals surface area (Å²) in [6, 6.07) is 8.24. The zero-order chi connectivity index (χ0) is 14.9. The Kier molecular flexibility index (Phi) is 4.09. The van der Waals surface area contributed by atoms with E-state index in [1.807, 2.05) is 6.92 Å². The predicted octanol–water partition coefficient (Wildman–Crippen LogP) is 4.43. The fraction of sp³-hybridized carbons (Fsp3) is 0.133. The number of carbonyl (C=O) groups is 1. The third kappa shape index (κ3) is 2.99. The zero-order valence-electron chi connectivity index (χ0n) is 11.1. The van der Waals surface area contributed by atoms with Crippen LogP contribution in [0, 0.1) is 12.7 Å². The van der Waals surface area contributed by atoms with Crippen molar-refractivity contribution in [2.24, 2.45) is 0 Å². The normalized spacial score (nSPS) is 10.4. The fourth-order valence-electron chi connectivity index (χ4n) is 1.90. The molecule has 0 unspecified atom stereocenters. The largest absolute Gasteiger partial charge is 0.398 e. The minimum atomic E-state index is -0.306. The number of nitrogen functional groups attached to an aromatic ring is 1. The molecule has 2 rings (SSSR count). The molecule has 0 bridgehead atoms. The zero-order valence-corrected chi connectivity index (χ0v) is 12.7. The van der Waals surface area contributed by atoms with E-state index >= 15 is 0 Å². The lowest BCUT2D eigenvalue weighted by atomic mass is 10.1. The summed E-state index contributed by atoms with van der Waals surface area (Å²) < 4.78 is 13.8. The number of halogens is 2. The summed E-state index contributed by atoms with van der Waals surface area (Å²) in [5.74, 6) is -0.380. The molecule has 0 amide bonds. The molecule has 2 aromatic carbocycles. The average Bonchev–Trinajstić information content (AvgIpc) is 2.35. The number of ketones is 1. The number of nitrogens with one attached hydrogen (secondary N) is 1. The molecule has 5 heteroatoms. The molecular formula is C15H14BrFN2O. The van der Waals surface area contributed by atoms with Gasteiger partial charge in [0.05, 0.1) is 4.47 Å². The molecule has 0 spiro atoms. The Morgan fingerprint density at radius 3 is 2.60 bits per heavy atom. The first-order chi connectivity index (χ1) is 9.38. The van der Waals surface area contributed by atoms with Crippen molar-refractivity contribution in [2.75, 3.05) is 11.1 Å². The van der Waals surface area contributed by atoms with Crippen molar-refractivity contribution >= 4 is 38.8 Å². The number of aryl methyl sites for hydroxylation is 1. The summed E-state index contributed by atoms with van der Waals surface area (Å²) in [4.78, 5) is 11.3. The Bertz CT molecular complexity index is 686. The lowest BCUT2D eigenvalue weighted by Crippen LogP contribution is -2.01. The smallest absolute Gasteiger partial charge is 0.161 e. The van der Waals surface area contributed by atoms with E-state index in [9.17, 15) is 9.18 Å². The predicted molar refractivity (Wildman–Crippen MR) is 83.0 cm³/mol. The molecule has 104 valence electrons. The van der Waals surface area contributed by atoms with Crippen LogP contribution in [0.3, 0.4) is 0 Å². The third-order valence-corrected chi connectivity index (χ3v) is 3.58. The summed E-state index contributed by atoms with van der Waals surface area (Å²) in [6.45, 7) is 3.28. The second-order valence-electron chi connectivity index (χ2n) is 4.56. The van der Waals surface area contributed by atoms with Crippen molar-refractivity contribution < 1.29 is 9.18 Å². The van der Waals surface area contributed by atoms with E-state index in [0.29, 0.717) is 15.7 Å². The van der Waals surface area contributed by atoms with Gasteiger partial charge in [0.15, 0.2) is 5.78 Å². The van der Waals surface area contributed by atoms with Crippen LogP contribution in [0.1, 0.15) is 22.8 Å². The lowest BCUT2D eigenvalue weighted by molar-refractivity contribution is 0.101. The van der Waals surface area contributed by atoms with Gasteiger partial charge in [0, 0.05) is 22.6 Å². The standard InChI is InChI=1S/C15H14BrFN2O/c1-8-5-13(17)12(16)7-15(8)19-10-3-4-11(9(2)20)14(18)6-10/h3-7,19H,18H2,1-2H3. The van der Waals surface area contributed by atoms with Crippen molar-refractivity contribution in [2.45, 2.75) is 13.8 Å². The first kappa shape index (κ1) is 14.5. The van der Waals surface area contributed by atoms with Crippen LogP contribution in [0.25, 0.3) is 0 Å². The number of hydrogen-bond acceptors (Lipinski definition) is 3. The minimum absolute atomic E-state index is 0.0743. The summed E-state index contributed by atoms with van der Waals surface area (Å²) in [7, 11) is 0. The topological polar surface area (TPSA) is 55.1 Å². The second kappa shape index (κ2) is 5.63. The molecule has 3 nitrogen and oxygen atoms in total. The van der Waals surface area contributed by atoms with Crippen molar-refractivity contribution in [1.29, 1.82) is 0 Å². The van der Waals surface area contributed by atoms with Gasteiger partial charge in [-0.1, -0.05) is 0 Å². The molecule has 0 atom stereocenters. The average molecular weight is 337 g/mol. The highest BCUT2D eigenvalue weighted by atomic mass is 79.9. The molecule has 20 heavy (non-hydrogen) atoms. The molecule has 0 aromatic heterocycles. The van der Waals surface area contributed by atoms with Gasteiger partial charge in [-0.05, 0) is 65.7 Å². The Labute approximate surface area is 125 Å². The van der Waals surface area contributed by atoms with E-state index in [0.717, 1.165) is 16.9 Å². The van der Waals surface area contributed by atoms with Crippen LogP contribution < -0.4 is 11.1 Å². The minimum Gasteiger partial charge on any atom is -0.398 e. The molecule has 0 saturated heterocycles. The van der Waals surface area contributed by atoms with Gasteiger partial charge in [-0.25, -0.2) is 4.39 Å². The van der Waals surface area contributed by atoms with Gasteiger partial charge in [-0.3, -0.25) is 4.79 Å². The van der Waals surface area contributed by atoms with E-state index in [-0.39, 0.29) is 11.6 Å². The van der Waals surface area contributed by atoms with Crippen molar-refractivity contribution in [1.82, 2.24) is 0 Å². The van der Waals surface area contributed by atoms with Gasteiger partial charge < -0.3 is 11.1 Å². The maximum atomic E-state index is 13.4. The van der Waals surface area contributed by atoms with Gasteiger partial charge in [-0.2, -0.15) is 0 Å². The molecular weight excluding hydrogens is 323 g/mol. The van der Waals surface area contributed by atoms with E-state index in [1.165, 1.54) is 13.0 Å². The Morgan fingerprint density at radius 2 is 2.00 bits per heavy atom. The number of rotatable bonds is 3. The van der Waals surface area contributed by atoms with Gasteiger partial charge in [-0.15, -0.1) is 0 Å². The number of hydrogen-bond donors (Lipinski definition) is 2. The Morgan fingerprint density at radius 1 is 1.30 bits per heavy atom. The maximum absolute atomic E-state index is 13.4. The van der Waals surface area contributed by atoms with Gasteiger partial charge in [0.2, 0.25) is 0 Å². The van der Waals surface area contributed by atoms with Crippen LogP contribution in [0.5, 0.6) is 0 Å². The van der Waals surface area contributed by atoms with Crippen LogP contribution in [0.2, 0.25) is 0 Å². The Balaban J connectivity index is 2.33. The number of benzene rings is 2. The fourth-order valence-corrected chi connectivity index (χ4v) is 2.24. The molecule has 0 aliphatic carbocycles. The van der Waals surface area contributed by atoms with Crippen LogP contribution >= 0.6 is 15.9 Å². The summed E-state index contributed by atoms with van der Waals surface area (Å²) in [5, 5.41) is 3.16. The lowest BCUT2D eigenvalue weighted by Gasteiger charge is -2.12. The van der Waals surface area contributed by atoms with E-state index in [1.54, 1.807) is 24.3 Å². The van der Waals surface area contributed by atoms with Gasteiger partial charge in [0.25, 0.3) is 0 Å². The highest BCUT2D eigenvalue weighted by Gasteiger charge is 2.08. The number of nitrogens with two attached hydrogens (primary N) is 1. The summed E-state index contributed by atoms with van der Waals surface area (Å²) >= 11 is 3.15. The van der Waals surface area contributed by atoms with E-state index < -0.39 is 0 Å². The number of carbonyl (C=O) groups excluding carboxylic acids is 1. The molecule has 0 aliphatic heterocycles. The third-order valence-electron chi connectivity index (χ3n) is 2.98. The number of anilines is 3. The van der Waals surface area contributed by atoms with Gasteiger partial charge in [0.1, 0.15) is 5.82 Å². The SMILES string of the molecule is CC(=O)c1ccc(Nc2cc(Br)c(F)cc2C)cc1N. The van der Waals surface area contributed by atoms with Crippen LogP contribution in [0.4, 0.5) is 21.5 Å². The quantitative estimate of drug-likeness (QED) is 0.644. The van der Waals surface area contributed by atoms with Crippen LogP contribution in [0.15, 0.2) is 34.8 Å². The highest BCUT2D eigenvalue weighted by molar-refractivity contribution is 9.10. The molecule has 0 fully saturated rings. The highest BCUT2D eigenvalue weighted by Crippen LogP contribution is 2.28. The number of Topliss-reactive ketones (excluding diaryl/α,β-unsaturated/α-hetero) is 1. The molecule has 0 heterocycles. The second-order valence-corrected chi connectivity index (χ2v) is 5.42. The van der Waals surface area contributed by atoms with E-state index in [4.69, 9.17) is 5.73 Å². The molecule has 2 aromatic rings. The van der Waals surface area contributed by atoms with Crippen molar-refractivity contribution in [3.8, 4) is 0 Å².